The fourth-order valence-corrected chi connectivity index (χ4v) is 1.68. The quantitative estimate of drug-likeness (QED) is 0.927. The Morgan fingerprint density at radius 3 is 2.80 bits per heavy atom. The van der Waals surface area contributed by atoms with Gasteiger partial charge in [-0.2, -0.15) is 5.26 Å². The zero-order valence-electron chi connectivity index (χ0n) is 10.9. The number of hydrogen-bond acceptors (Lipinski definition) is 4. The molecule has 0 saturated heterocycles. The molecule has 0 spiro atoms. The molecule has 4 nitrogen and oxygen atoms in total. The molecule has 0 saturated carbocycles. The van der Waals surface area contributed by atoms with E-state index >= 15 is 0 Å². The smallest absolute Gasteiger partial charge is 0.148 e. The molecule has 0 bridgehead atoms. The maximum absolute atomic E-state index is 13.4. The van der Waals surface area contributed by atoms with Crippen molar-refractivity contribution in [3.63, 3.8) is 0 Å². The normalized spacial score (nSPS) is 11.7. The topological polar surface area (TPSA) is 66.1 Å². The standard InChI is InChI=1S/C15H13FN2O2/c1-2-14(19)13-7-6-10(9-18-13)20-15-5-3-4-12(16)11(15)8-17/h3-7,9,14,19H,2H2,1H3. The summed E-state index contributed by atoms with van der Waals surface area (Å²) >= 11 is 0. The molecule has 2 aromatic rings. The Kier molecular flexibility index (Phi) is 4.28. The number of aromatic nitrogens is 1. The van der Waals surface area contributed by atoms with Crippen LogP contribution in [0.2, 0.25) is 0 Å². The number of halogens is 1. The maximum Gasteiger partial charge on any atom is 0.148 e. The van der Waals surface area contributed by atoms with Crippen molar-refractivity contribution in [1.82, 2.24) is 4.98 Å². The fraction of sp³-hybridized carbons (Fsp3) is 0.200. The third-order valence-electron chi connectivity index (χ3n) is 2.80. The van der Waals surface area contributed by atoms with E-state index in [1.165, 1.54) is 24.4 Å². The van der Waals surface area contributed by atoms with E-state index in [-0.39, 0.29) is 11.3 Å². The van der Waals surface area contributed by atoms with Gasteiger partial charge in [0.15, 0.2) is 0 Å². The molecule has 1 aromatic heterocycles. The molecule has 2 rings (SSSR count). The molecule has 0 aliphatic carbocycles. The predicted octanol–water partition coefficient (Wildman–Crippen LogP) is 3.33. The van der Waals surface area contributed by atoms with Crippen LogP contribution in [0.1, 0.15) is 30.7 Å². The van der Waals surface area contributed by atoms with Crippen molar-refractivity contribution in [3.8, 4) is 17.6 Å². The molecule has 1 aromatic carbocycles. The van der Waals surface area contributed by atoms with E-state index in [1.54, 1.807) is 18.2 Å². The monoisotopic (exact) mass is 272 g/mol. The summed E-state index contributed by atoms with van der Waals surface area (Å²) < 4.78 is 18.9. The molecule has 1 atom stereocenters. The second-order valence-corrected chi connectivity index (χ2v) is 4.17. The average molecular weight is 272 g/mol. The molecule has 1 N–H and O–H groups in total. The highest BCUT2D eigenvalue weighted by Crippen LogP contribution is 2.27. The number of nitriles is 1. The summed E-state index contributed by atoms with van der Waals surface area (Å²) in [6, 6.07) is 9.19. The Morgan fingerprint density at radius 1 is 1.40 bits per heavy atom. The van der Waals surface area contributed by atoms with Gasteiger partial charge in [-0.25, -0.2) is 4.39 Å². The number of aliphatic hydroxyl groups excluding tert-OH is 1. The van der Waals surface area contributed by atoms with E-state index in [4.69, 9.17) is 10.00 Å². The minimum atomic E-state index is -0.629. The highest BCUT2D eigenvalue weighted by molar-refractivity contribution is 5.45. The van der Waals surface area contributed by atoms with Gasteiger partial charge in [0.1, 0.15) is 28.9 Å². The SMILES string of the molecule is CCC(O)c1ccc(Oc2cccc(F)c2C#N)cn1. The van der Waals surface area contributed by atoms with Crippen LogP contribution in [0.25, 0.3) is 0 Å². The fourth-order valence-electron chi connectivity index (χ4n) is 1.68. The van der Waals surface area contributed by atoms with Crippen molar-refractivity contribution in [1.29, 1.82) is 5.26 Å². The van der Waals surface area contributed by atoms with Crippen molar-refractivity contribution in [2.45, 2.75) is 19.4 Å². The number of ether oxygens (including phenoxy) is 1. The Hall–Kier alpha value is -2.45. The van der Waals surface area contributed by atoms with Gasteiger partial charge in [-0.05, 0) is 30.7 Å². The van der Waals surface area contributed by atoms with Gasteiger partial charge in [0.25, 0.3) is 0 Å². The highest BCUT2D eigenvalue weighted by atomic mass is 19.1. The molecule has 0 aliphatic heterocycles. The summed E-state index contributed by atoms with van der Waals surface area (Å²) in [5.74, 6) is -0.117. The molecule has 0 fully saturated rings. The molecule has 5 heteroatoms. The summed E-state index contributed by atoms with van der Waals surface area (Å²) in [7, 11) is 0. The van der Waals surface area contributed by atoms with Gasteiger partial charge in [-0.15, -0.1) is 0 Å². The second kappa shape index (κ2) is 6.13. The lowest BCUT2D eigenvalue weighted by atomic mass is 10.2. The summed E-state index contributed by atoms with van der Waals surface area (Å²) in [5, 5.41) is 18.5. The number of rotatable bonds is 4. The number of hydrogen-bond donors (Lipinski definition) is 1. The van der Waals surface area contributed by atoms with E-state index in [1.807, 2.05) is 6.92 Å². The number of benzene rings is 1. The van der Waals surface area contributed by atoms with Crippen LogP contribution in [0.15, 0.2) is 36.5 Å². The molecular weight excluding hydrogens is 259 g/mol. The minimum Gasteiger partial charge on any atom is -0.454 e. The summed E-state index contributed by atoms with van der Waals surface area (Å²) in [6.45, 7) is 1.85. The van der Waals surface area contributed by atoms with Gasteiger partial charge in [0.05, 0.1) is 18.0 Å². The first-order valence-electron chi connectivity index (χ1n) is 6.16. The Bertz CT molecular complexity index is 635. The lowest BCUT2D eigenvalue weighted by Crippen LogP contribution is -1.98. The Balaban J connectivity index is 2.23. The van der Waals surface area contributed by atoms with Crippen LogP contribution in [0, 0.1) is 17.1 Å². The second-order valence-electron chi connectivity index (χ2n) is 4.17. The van der Waals surface area contributed by atoms with E-state index in [0.717, 1.165) is 0 Å². The van der Waals surface area contributed by atoms with Gasteiger partial charge >= 0.3 is 0 Å². The van der Waals surface area contributed by atoms with Gasteiger partial charge in [-0.3, -0.25) is 4.98 Å². The summed E-state index contributed by atoms with van der Waals surface area (Å²) in [5.41, 5.74) is 0.393. The van der Waals surface area contributed by atoms with E-state index in [0.29, 0.717) is 17.9 Å². The molecule has 1 heterocycles. The zero-order valence-corrected chi connectivity index (χ0v) is 10.9. The third-order valence-corrected chi connectivity index (χ3v) is 2.80. The summed E-state index contributed by atoms with van der Waals surface area (Å²) in [4.78, 5) is 4.07. The number of pyridine rings is 1. The molecule has 0 amide bonds. The summed E-state index contributed by atoms with van der Waals surface area (Å²) in [6.07, 6.45) is 1.38. The van der Waals surface area contributed by atoms with Crippen LogP contribution < -0.4 is 4.74 Å². The molecule has 0 radical (unpaired) electrons. The van der Waals surface area contributed by atoms with Crippen molar-refractivity contribution in [2.75, 3.05) is 0 Å². The van der Waals surface area contributed by atoms with Crippen molar-refractivity contribution in [2.24, 2.45) is 0 Å². The zero-order chi connectivity index (χ0) is 14.5. The van der Waals surface area contributed by atoms with Crippen LogP contribution >= 0.6 is 0 Å². The van der Waals surface area contributed by atoms with Gasteiger partial charge in [0, 0.05) is 0 Å². The van der Waals surface area contributed by atoms with Crippen molar-refractivity contribution >= 4 is 0 Å². The molecule has 0 aliphatic rings. The maximum atomic E-state index is 13.4. The lowest BCUT2D eigenvalue weighted by molar-refractivity contribution is 0.169. The molecular formula is C15H13FN2O2. The van der Waals surface area contributed by atoms with Crippen LogP contribution in [-0.2, 0) is 0 Å². The van der Waals surface area contributed by atoms with Crippen molar-refractivity contribution in [3.05, 3.63) is 53.6 Å². The Labute approximate surface area is 116 Å². The number of aliphatic hydroxyl groups is 1. The number of nitrogens with zero attached hydrogens (tertiary/aromatic N) is 2. The largest absolute Gasteiger partial charge is 0.454 e. The van der Waals surface area contributed by atoms with Crippen LogP contribution in [0.3, 0.4) is 0 Å². The Morgan fingerprint density at radius 2 is 2.20 bits per heavy atom. The molecule has 102 valence electrons. The highest BCUT2D eigenvalue weighted by Gasteiger charge is 2.11. The average Bonchev–Trinajstić information content (AvgIpc) is 2.47. The predicted molar refractivity (Wildman–Crippen MR) is 70.7 cm³/mol. The first-order valence-corrected chi connectivity index (χ1v) is 6.16. The first kappa shape index (κ1) is 14.0. The van der Waals surface area contributed by atoms with E-state index in [2.05, 4.69) is 4.98 Å². The van der Waals surface area contributed by atoms with Gasteiger partial charge < -0.3 is 9.84 Å². The van der Waals surface area contributed by atoms with Crippen LogP contribution in [0.5, 0.6) is 11.5 Å². The molecule has 20 heavy (non-hydrogen) atoms. The third kappa shape index (κ3) is 2.92. The van der Waals surface area contributed by atoms with Gasteiger partial charge in [0.2, 0.25) is 0 Å². The minimum absolute atomic E-state index is 0.137. The first-order chi connectivity index (χ1) is 9.65. The van der Waals surface area contributed by atoms with E-state index in [9.17, 15) is 9.50 Å². The van der Waals surface area contributed by atoms with Crippen LogP contribution in [0.4, 0.5) is 4.39 Å². The molecule has 1 unspecified atom stereocenters. The lowest BCUT2D eigenvalue weighted by Gasteiger charge is -2.10. The van der Waals surface area contributed by atoms with Crippen LogP contribution in [-0.4, -0.2) is 10.1 Å². The van der Waals surface area contributed by atoms with Crippen molar-refractivity contribution < 1.29 is 14.2 Å². The van der Waals surface area contributed by atoms with Gasteiger partial charge in [-0.1, -0.05) is 13.0 Å². The van der Waals surface area contributed by atoms with E-state index < -0.39 is 11.9 Å².